The van der Waals surface area contributed by atoms with E-state index in [0.717, 1.165) is 10.0 Å². The van der Waals surface area contributed by atoms with E-state index >= 15 is 0 Å². The number of nitrogens with zero attached hydrogens (tertiary/aromatic N) is 1. The van der Waals surface area contributed by atoms with Crippen molar-refractivity contribution in [3.8, 4) is 0 Å². The molecule has 0 aliphatic carbocycles. The lowest BCUT2D eigenvalue weighted by Gasteiger charge is -2.08. The van der Waals surface area contributed by atoms with Crippen LogP contribution in [0.25, 0.3) is 0 Å². The third-order valence-corrected chi connectivity index (χ3v) is 2.54. The summed E-state index contributed by atoms with van der Waals surface area (Å²) in [5.41, 5.74) is 3.63. The Balaban J connectivity index is 2.49. The number of nitrogens with one attached hydrogen (secondary N) is 2. The van der Waals surface area contributed by atoms with Crippen molar-refractivity contribution in [2.24, 2.45) is 10.8 Å². The molecule has 0 heterocycles. The Hall–Kier alpha value is -1.11. The standard InChI is InChI=1S/C11H17BrN4O/c1-17-6-5-14-11(16-13)15-8-9-3-2-4-10(12)7-9/h2-4,7H,5-6,8,13H2,1H3,(H2,14,15,16). The van der Waals surface area contributed by atoms with Crippen LogP contribution in [0.3, 0.4) is 0 Å². The van der Waals surface area contributed by atoms with E-state index in [1.54, 1.807) is 7.11 Å². The van der Waals surface area contributed by atoms with Crippen LogP contribution in [-0.2, 0) is 11.3 Å². The topological polar surface area (TPSA) is 71.7 Å². The molecule has 1 aromatic rings. The molecule has 0 amide bonds. The quantitative estimate of drug-likeness (QED) is 0.249. The Kier molecular flexibility index (Phi) is 6.61. The molecule has 1 aromatic carbocycles. The molecule has 94 valence electrons. The second-order valence-electron chi connectivity index (χ2n) is 3.36. The minimum Gasteiger partial charge on any atom is -0.383 e. The number of hydrogen-bond donors (Lipinski definition) is 3. The van der Waals surface area contributed by atoms with Crippen LogP contribution in [0.5, 0.6) is 0 Å². The van der Waals surface area contributed by atoms with Crippen molar-refractivity contribution in [1.29, 1.82) is 0 Å². The largest absolute Gasteiger partial charge is 0.383 e. The van der Waals surface area contributed by atoms with E-state index in [1.165, 1.54) is 0 Å². The highest BCUT2D eigenvalue weighted by Crippen LogP contribution is 2.12. The lowest BCUT2D eigenvalue weighted by atomic mass is 10.2. The second-order valence-corrected chi connectivity index (χ2v) is 4.27. The zero-order valence-corrected chi connectivity index (χ0v) is 11.3. The normalized spacial score (nSPS) is 11.4. The van der Waals surface area contributed by atoms with Gasteiger partial charge in [-0.15, -0.1) is 0 Å². The number of aliphatic imine (C=N–C) groups is 1. The van der Waals surface area contributed by atoms with Crippen molar-refractivity contribution >= 4 is 21.9 Å². The summed E-state index contributed by atoms with van der Waals surface area (Å²) in [6, 6.07) is 7.99. The lowest BCUT2D eigenvalue weighted by Crippen LogP contribution is -2.42. The zero-order valence-electron chi connectivity index (χ0n) is 9.74. The zero-order chi connectivity index (χ0) is 12.5. The van der Waals surface area contributed by atoms with Gasteiger partial charge in [-0.1, -0.05) is 28.1 Å². The Bertz CT molecular complexity index is 370. The molecule has 17 heavy (non-hydrogen) atoms. The third-order valence-electron chi connectivity index (χ3n) is 2.04. The number of methoxy groups -OCH3 is 1. The molecule has 0 radical (unpaired) electrons. The first kappa shape index (κ1) is 14.0. The van der Waals surface area contributed by atoms with E-state index in [4.69, 9.17) is 10.6 Å². The van der Waals surface area contributed by atoms with Crippen molar-refractivity contribution in [3.63, 3.8) is 0 Å². The minimum atomic E-state index is 0.557. The molecule has 0 atom stereocenters. The van der Waals surface area contributed by atoms with Crippen LogP contribution in [0, 0.1) is 0 Å². The van der Waals surface area contributed by atoms with Gasteiger partial charge in [-0.3, -0.25) is 5.43 Å². The van der Waals surface area contributed by atoms with Crippen molar-refractivity contribution in [2.75, 3.05) is 20.3 Å². The Morgan fingerprint density at radius 3 is 3.00 bits per heavy atom. The number of nitrogens with two attached hydrogens (primary N) is 1. The molecule has 0 unspecified atom stereocenters. The summed E-state index contributed by atoms with van der Waals surface area (Å²) >= 11 is 3.42. The first-order chi connectivity index (χ1) is 8.26. The van der Waals surface area contributed by atoms with Crippen LogP contribution in [-0.4, -0.2) is 26.2 Å². The van der Waals surface area contributed by atoms with Crippen molar-refractivity contribution in [2.45, 2.75) is 6.54 Å². The molecule has 0 bridgehead atoms. The third kappa shape index (κ3) is 5.67. The van der Waals surface area contributed by atoms with Crippen LogP contribution in [0.1, 0.15) is 5.56 Å². The van der Waals surface area contributed by atoms with Crippen LogP contribution in [0.15, 0.2) is 33.7 Å². The van der Waals surface area contributed by atoms with Gasteiger partial charge in [-0.2, -0.15) is 0 Å². The maximum absolute atomic E-state index is 5.36. The molecule has 0 fully saturated rings. The number of ether oxygens (including phenoxy) is 1. The summed E-state index contributed by atoms with van der Waals surface area (Å²) in [5, 5.41) is 3.03. The number of benzene rings is 1. The fourth-order valence-electron chi connectivity index (χ4n) is 1.23. The van der Waals surface area contributed by atoms with Crippen LogP contribution < -0.4 is 16.6 Å². The highest BCUT2D eigenvalue weighted by molar-refractivity contribution is 9.10. The number of guanidine groups is 1. The van der Waals surface area contributed by atoms with E-state index in [1.807, 2.05) is 24.3 Å². The monoisotopic (exact) mass is 300 g/mol. The Labute approximate surface area is 110 Å². The summed E-state index contributed by atoms with van der Waals surface area (Å²) in [7, 11) is 1.65. The Morgan fingerprint density at radius 2 is 2.35 bits per heavy atom. The number of hydrogen-bond acceptors (Lipinski definition) is 3. The molecular weight excluding hydrogens is 284 g/mol. The summed E-state index contributed by atoms with van der Waals surface area (Å²) in [6.45, 7) is 1.84. The maximum atomic E-state index is 5.36. The van der Waals surface area contributed by atoms with E-state index in [9.17, 15) is 0 Å². The summed E-state index contributed by atoms with van der Waals surface area (Å²) in [6.07, 6.45) is 0. The summed E-state index contributed by atoms with van der Waals surface area (Å²) in [5.74, 6) is 5.91. The average Bonchev–Trinajstić information content (AvgIpc) is 2.34. The van der Waals surface area contributed by atoms with Crippen molar-refractivity contribution < 1.29 is 4.74 Å². The Morgan fingerprint density at radius 1 is 1.53 bits per heavy atom. The van der Waals surface area contributed by atoms with Crippen LogP contribution in [0.4, 0.5) is 0 Å². The lowest BCUT2D eigenvalue weighted by molar-refractivity contribution is 0.203. The van der Waals surface area contributed by atoms with E-state index < -0.39 is 0 Å². The molecule has 0 spiro atoms. The van der Waals surface area contributed by atoms with Gasteiger partial charge < -0.3 is 10.1 Å². The maximum Gasteiger partial charge on any atom is 0.206 e. The first-order valence-corrected chi connectivity index (χ1v) is 6.04. The van der Waals surface area contributed by atoms with E-state index in [2.05, 4.69) is 31.7 Å². The van der Waals surface area contributed by atoms with Gasteiger partial charge in [-0.05, 0) is 17.7 Å². The predicted octanol–water partition coefficient (Wildman–Crippen LogP) is 1.00. The summed E-state index contributed by atoms with van der Waals surface area (Å²) < 4.78 is 5.96. The molecule has 6 heteroatoms. The van der Waals surface area contributed by atoms with Gasteiger partial charge in [0.15, 0.2) is 0 Å². The number of rotatable bonds is 5. The van der Waals surface area contributed by atoms with Gasteiger partial charge in [-0.25, -0.2) is 10.8 Å². The fraction of sp³-hybridized carbons (Fsp3) is 0.364. The van der Waals surface area contributed by atoms with Crippen molar-refractivity contribution in [1.82, 2.24) is 10.7 Å². The average molecular weight is 301 g/mol. The second kappa shape index (κ2) is 8.05. The molecule has 0 saturated heterocycles. The molecular formula is C11H17BrN4O. The van der Waals surface area contributed by atoms with Gasteiger partial charge in [0.2, 0.25) is 5.96 Å². The minimum absolute atomic E-state index is 0.557. The highest BCUT2D eigenvalue weighted by atomic mass is 79.9. The van der Waals surface area contributed by atoms with Gasteiger partial charge >= 0.3 is 0 Å². The molecule has 1 rings (SSSR count). The molecule has 5 nitrogen and oxygen atoms in total. The first-order valence-electron chi connectivity index (χ1n) is 5.24. The van der Waals surface area contributed by atoms with Gasteiger partial charge in [0.05, 0.1) is 13.2 Å². The van der Waals surface area contributed by atoms with E-state index in [-0.39, 0.29) is 0 Å². The highest BCUT2D eigenvalue weighted by Gasteiger charge is 1.96. The van der Waals surface area contributed by atoms with Crippen molar-refractivity contribution in [3.05, 3.63) is 34.3 Å². The van der Waals surface area contributed by atoms with E-state index in [0.29, 0.717) is 25.7 Å². The van der Waals surface area contributed by atoms with Gasteiger partial charge in [0.1, 0.15) is 0 Å². The molecule has 4 N–H and O–H groups in total. The SMILES string of the molecule is COCCNC(=NCc1cccc(Br)c1)NN. The van der Waals surface area contributed by atoms with Crippen LogP contribution in [0.2, 0.25) is 0 Å². The molecule has 0 aliphatic rings. The molecule has 0 saturated carbocycles. The summed E-state index contributed by atoms with van der Waals surface area (Å²) in [4.78, 5) is 4.32. The molecule has 0 aliphatic heterocycles. The predicted molar refractivity (Wildman–Crippen MR) is 72.5 cm³/mol. The molecule has 0 aromatic heterocycles. The van der Waals surface area contributed by atoms with Crippen LogP contribution >= 0.6 is 15.9 Å². The fourth-order valence-corrected chi connectivity index (χ4v) is 1.68. The number of hydrazine groups is 1. The van der Waals surface area contributed by atoms with Gasteiger partial charge in [0, 0.05) is 18.1 Å². The van der Waals surface area contributed by atoms with Gasteiger partial charge in [0.25, 0.3) is 0 Å². The smallest absolute Gasteiger partial charge is 0.206 e. The number of halogens is 1.